The molecule has 0 saturated heterocycles. The van der Waals surface area contributed by atoms with Gasteiger partial charge in [0.15, 0.2) is 0 Å². The van der Waals surface area contributed by atoms with Crippen LogP contribution in [0.5, 0.6) is 0 Å². The number of carbonyl (C=O) groups excluding carboxylic acids is 2. The predicted octanol–water partition coefficient (Wildman–Crippen LogP) is 4.83. The summed E-state index contributed by atoms with van der Waals surface area (Å²) in [5.74, 6) is -0.962. The monoisotopic (exact) mass is 487 g/mol. The average Bonchev–Trinajstić information content (AvgIpc) is 2.82. The molecule has 3 aromatic rings. The molecule has 188 valence electrons. The molecular weight excluding hydrogens is 453 g/mol. The molecule has 5 nitrogen and oxygen atoms in total. The zero-order valence-corrected chi connectivity index (χ0v) is 21.4. The van der Waals surface area contributed by atoms with Crippen molar-refractivity contribution in [2.75, 3.05) is 11.4 Å². The number of hydrogen-bond donors (Lipinski definition) is 2. The van der Waals surface area contributed by atoms with Gasteiger partial charge in [0.05, 0.1) is 17.8 Å². The molecule has 1 aliphatic heterocycles. The third-order valence-electron chi connectivity index (χ3n) is 6.99. The highest BCUT2D eigenvalue weighted by Gasteiger charge is 2.32. The maximum absolute atomic E-state index is 15.4. The molecule has 36 heavy (non-hydrogen) atoms. The first kappa shape index (κ1) is 25.6. The van der Waals surface area contributed by atoms with Crippen LogP contribution in [0.25, 0.3) is 0 Å². The van der Waals surface area contributed by atoms with Crippen molar-refractivity contribution in [3.8, 4) is 0 Å². The molecule has 2 unspecified atom stereocenters. The normalized spacial score (nSPS) is 15.8. The summed E-state index contributed by atoms with van der Waals surface area (Å²) in [5, 5.41) is 3.05. The molecule has 3 N–H and O–H groups in total. The molecule has 1 aliphatic rings. The van der Waals surface area contributed by atoms with Crippen molar-refractivity contribution in [2.45, 2.75) is 59.0 Å². The maximum Gasteiger partial charge on any atom is 0.237 e. The summed E-state index contributed by atoms with van der Waals surface area (Å²) in [7, 11) is 0. The fourth-order valence-electron chi connectivity index (χ4n) is 5.28. The van der Waals surface area contributed by atoms with Crippen LogP contribution in [0.1, 0.15) is 58.3 Å². The van der Waals surface area contributed by atoms with E-state index in [1.165, 1.54) is 23.5 Å². The van der Waals surface area contributed by atoms with Crippen LogP contribution >= 0.6 is 0 Å². The molecule has 2 amide bonds. The molecule has 6 heteroatoms. The Morgan fingerprint density at radius 1 is 1.06 bits per heavy atom. The van der Waals surface area contributed by atoms with Gasteiger partial charge >= 0.3 is 0 Å². The lowest BCUT2D eigenvalue weighted by Gasteiger charge is -2.35. The van der Waals surface area contributed by atoms with Gasteiger partial charge in [-0.15, -0.1) is 0 Å². The number of benzene rings is 3. The zero-order chi connectivity index (χ0) is 26.0. The van der Waals surface area contributed by atoms with Crippen molar-refractivity contribution in [3.63, 3.8) is 0 Å². The van der Waals surface area contributed by atoms with E-state index in [0.717, 1.165) is 27.8 Å². The lowest BCUT2D eigenvalue weighted by Crippen LogP contribution is -2.46. The predicted molar refractivity (Wildman–Crippen MR) is 142 cm³/mol. The van der Waals surface area contributed by atoms with Gasteiger partial charge in [-0.05, 0) is 73.9 Å². The van der Waals surface area contributed by atoms with E-state index in [9.17, 15) is 9.59 Å². The second-order valence-electron chi connectivity index (χ2n) is 9.89. The van der Waals surface area contributed by atoms with Crippen LogP contribution in [-0.4, -0.2) is 24.4 Å². The van der Waals surface area contributed by atoms with Gasteiger partial charge in [0.1, 0.15) is 5.82 Å². The Bertz CT molecular complexity index is 1270. The summed E-state index contributed by atoms with van der Waals surface area (Å²) in [6, 6.07) is 16.2. The molecular formula is C30H34FN3O2. The van der Waals surface area contributed by atoms with E-state index >= 15 is 4.39 Å². The number of carbonyl (C=O) groups is 2. The van der Waals surface area contributed by atoms with Crippen molar-refractivity contribution in [3.05, 3.63) is 99.4 Å². The van der Waals surface area contributed by atoms with E-state index in [1.54, 1.807) is 0 Å². The van der Waals surface area contributed by atoms with Crippen LogP contribution in [0.2, 0.25) is 0 Å². The Balaban J connectivity index is 1.60. The molecule has 1 heterocycles. The van der Waals surface area contributed by atoms with Crippen LogP contribution in [0.3, 0.4) is 0 Å². The molecule has 0 aliphatic carbocycles. The number of fused-ring (bicyclic) bond motifs is 1. The number of nitrogens with one attached hydrogen (secondary N) is 1. The summed E-state index contributed by atoms with van der Waals surface area (Å²) in [6.07, 6.45) is 1.46. The van der Waals surface area contributed by atoms with Gasteiger partial charge in [-0.2, -0.15) is 0 Å². The summed E-state index contributed by atoms with van der Waals surface area (Å²) in [5.41, 5.74) is 13.5. The molecule has 3 aromatic carbocycles. The van der Waals surface area contributed by atoms with Gasteiger partial charge in [-0.3, -0.25) is 9.59 Å². The second-order valence-corrected chi connectivity index (χ2v) is 9.89. The Kier molecular flexibility index (Phi) is 7.55. The van der Waals surface area contributed by atoms with Crippen molar-refractivity contribution in [1.29, 1.82) is 0 Å². The number of amides is 2. The van der Waals surface area contributed by atoms with E-state index < -0.39 is 17.9 Å². The van der Waals surface area contributed by atoms with E-state index in [0.29, 0.717) is 31.4 Å². The summed E-state index contributed by atoms with van der Waals surface area (Å²) < 4.78 is 15.4. The van der Waals surface area contributed by atoms with E-state index in [4.69, 9.17) is 5.73 Å². The molecule has 0 bridgehead atoms. The average molecular weight is 488 g/mol. The Morgan fingerprint density at radius 2 is 1.72 bits per heavy atom. The van der Waals surface area contributed by atoms with Crippen LogP contribution in [-0.2, 0) is 22.4 Å². The van der Waals surface area contributed by atoms with Gasteiger partial charge in [0, 0.05) is 19.0 Å². The smallest absolute Gasteiger partial charge is 0.237 e. The first-order chi connectivity index (χ1) is 17.1. The number of hydrogen-bond acceptors (Lipinski definition) is 3. The highest BCUT2D eigenvalue weighted by atomic mass is 19.1. The van der Waals surface area contributed by atoms with Crippen LogP contribution in [0.4, 0.5) is 10.1 Å². The first-order valence-corrected chi connectivity index (χ1v) is 12.4. The zero-order valence-electron chi connectivity index (χ0n) is 21.4. The van der Waals surface area contributed by atoms with E-state index in [-0.39, 0.29) is 17.5 Å². The van der Waals surface area contributed by atoms with Crippen molar-refractivity contribution < 1.29 is 14.0 Å². The van der Waals surface area contributed by atoms with E-state index in [1.807, 2.05) is 57.2 Å². The summed E-state index contributed by atoms with van der Waals surface area (Å²) in [4.78, 5) is 26.9. The summed E-state index contributed by atoms with van der Waals surface area (Å²) >= 11 is 0. The topological polar surface area (TPSA) is 75.4 Å². The molecule has 0 radical (unpaired) electrons. The molecule has 0 saturated carbocycles. The number of anilines is 1. The number of halogens is 1. The Hall–Kier alpha value is -3.51. The highest BCUT2D eigenvalue weighted by molar-refractivity contribution is 5.93. The van der Waals surface area contributed by atoms with Gasteiger partial charge in [0.2, 0.25) is 11.8 Å². The van der Waals surface area contributed by atoms with Crippen molar-refractivity contribution in [1.82, 2.24) is 5.32 Å². The highest BCUT2D eigenvalue weighted by Crippen LogP contribution is 2.37. The van der Waals surface area contributed by atoms with Crippen LogP contribution < -0.4 is 16.0 Å². The van der Waals surface area contributed by atoms with Gasteiger partial charge in [-0.25, -0.2) is 4.39 Å². The third kappa shape index (κ3) is 5.49. The third-order valence-corrected chi connectivity index (χ3v) is 6.99. The largest absolute Gasteiger partial charge is 0.348 e. The SMILES string of the molecule is CC(=O)N1CCC(NC(=O)C(N)Cc2c(C)cc(C)cc2C)c2cc(Cc3ccccc3)cc(F)c21. The van der Waals surface area contributed by atoms with Crippen LogP contribution in [0, 0.1) is 26.6 Å². The lowest BCUT2D eigenvalue weighted by molar-refractivity contribution is -0.123. The number of rotatable bonds is 6. The Morgan fingerprint density at radius 3 is 2.36 bits per heavy atom. The van der Waals surface area contributed by atoms with E-state index in [2.05, 4.69) is 17.4 Å². The van der Waals surface area contributed by atoms with Crippen molar-refractivity contribution in [2.24, 2.45) is 5.73 Å². The van der Waals surface area contributed by atoms with Gasteiger partial charge < -0.3 is 16.0 Å². The van der Waals surface area contributed by atoms with Crippen molar-refractivity contribution >= 4 is 17.5 Å². The molecule has 2 atom stereocenters. The number of aryl methyl sites for hydroxylation is 3. The number of nitrogens with zero attached hydrogens (tertiary/aromatic N) is 1. The minimum Gasteiger partial charge on any atom is -0.348 e. The maximum atomic E-state index is 15.4. The fraction of sp³-hybridized carbons (Fsp3) is 0.333. The fourth-order valence-corrected chi connectivity index (χ4v) is 5.28. The minimum absolute atomic E-state index is 0.224. The molecule has 0 spiro atoms. The molecule has 4 rings (SSSR count). The molecule has 0 aromatic heterocycles. The van der Waals surface area contributed by atoms with Gasteiger partial charge in [0.25, 0.3) is 0 Å². The van der Waals surface area contributed by atoms with Gasteiger partial charge in [-0.1, -0.05) is 54.1 Å². The van der Waals surface area contributed by atoms with Crippen LogP contribution in [0.15, 0.2) is 54.6 Å². The quantitative estimate of drug-likeness (QED) is 0.523. The number of nitrogens with two attached hydrogens (primary N) is 1. The lowest BCUT2D eigenvalue weighted by atomic mass is 9.91. The summed E-state index contributed by atoms with van der Waals surface area (Å²) in [6.45, 7) is 7.87. The first-order valence-electron chi connectivity index (χ1n) is 12.4. The standard InChI is InChI=1S/C30H34FN3O2/c1-18-12-19(2)24(20(3)13-18)17-27(32)30(36)33-28-10-11-34(21(4)35)29-25(28)15-23(16-26(29)31)14-22-8-6-5-7-9-22/h5-9,12-13,15-16,27-28H,10-11,14,17,32H2,1-4H3,(H,33,36). The Labute approximate surface area is 212 Å². The molecule has 0 fully saturated rings. The minimum atomic E-state index is -0.739. The second kappa shape index (κ2) is 10.6.